The summed E-state index contributed by atoms with van der Waals surface area (Å²) in [5, 5.41) is 2.88. The number of amides is 1. The van der Waals surface area contributed by atoms with Gasteiger partial charge in [0.1, 0.15) is 5.75 Å². The molecule has 1 aliphatic heterocycles. The number of carbonyl (C=O) groups is 1. The number of carbonyl (C=O) groups excluding carboxylic acids is 1. The van der Waals surface area contributed by atoms with Gasteiger partial charge in [-0.1, -0.05) is 17.7 Å². The second-order valence-corrected chi connectivity index (χ2v) is 4.85. The molecule has 1 fully saturated rings. The average Bonchev–Trinajstić information content (AvgIpc) is 2.92. The minimum Gasteiger partial charge on any atom is -0.493 e. The van der Waals surface area contributed by atoms with Gasteiger partial charge in [-0.25, -0.2) is 0 Å². The second kappa shape index (κ2) is 7.14. The molecule has 104 valence electrons. The van der Waals surface area contributed by atoms with Crippen LogP contribution in [0.1, 0.15) is 24.8 Å². The van der Waals surface area contributed by atoms with Crippen molar-refractivity contribution in [2.45, 2.75) is 32.3 Å². The highest BCUT2D eigenvalue weighted by atomic mass is 16.5. The maximum Gasteiger partial charge on any atom is 0.223 e. The first kappa shape index (κ1) is 13.9. The zero-order valence-corrected chi connectivity index (χ0v) is 11.4. The Morgan fingerprint density at radius 3 is 2.89 bits per heavy atom. The van der Waals surface area contributed by atoms with Crippen molar-refractivity contribution in [3.8, 4) is 5.75 Å². The van der Waals surface area contributed by atoms with Crippen LogP contribution in [0.5, 0.6) is 5.75 Å². The molecule has 4 nitrogen and oxygen atoms in total. The predicted octanol–water partition coefficient (Wildman–Crippen LogP) is 2.06. The minimum absolute atomic E-state index is 0.0163. The van der Waals surface area contributed by atoms with Crippen LogP contribution < -0.4 is 10.1 Å². The Hall–Kier alpha value is -1.55. The van der Waals surface area contributed by atoms with Crippen LogP contribution >= 0.6 is 0 Å². The van der Waals surface area contributed by atoms with E-state index in [2.05, 4.69) is 5.32 Å². The molecule has 0 aliphatic carbocycles. The Kier molecular flexibility index (Phi) is 5.21. The van der Waals surface area contributed by atoms with Gasteiger partial charge in [0, 0.05) is 13.2 Å². The van der Waals surface area contributed by atoms with Crippen LogP contribution in [0.3, 0.4) is 0 Å². The first-order valence-corrected chi connectivity index (χ1v) is 6.82. The lowest BCUT2D eigenvalue weighted by Gasteiger charge is -2.11. The van der Waals surface area contributed by atoms with E-state index in [4.69, 9.17) is 9.47 Å². The molecule has 1 atom stereocenters. The van der Waals surface area contributed by atoms with E-state index in [-0.39, 0.29) is 12.0 Å². The van der Waals surface area contributed by atoms with E-state index < -0.39 is 0 Å². The molecule has 1 heterocycles. The highest BCUT2D eigenvalue weighted by Crippen LogP contribution is 2.12. The number of nitrogens with one attached hydrogen (secondary N) is 1. The van der Waals surface area contributed by atoms with E-state index >= 15 is 0 Å². The molecule has 1 amide bonds. The Labute approximate surface area is 114 Å². The van der Waals surface area contributed by atoms with Crippen molar-refractivity contribution in [2.24, 2.45) is 0 Å². The highest BCUT2D eigenvalue weighted by Gasteiger charge is 2.15. The van der Waals surface area contributed by atoms with E-state index in [1.807, 2.05) is 31.2 Å². The molecule has 1 aromatic carbocycles. The Bertz CT molecular complexity index is 396. The van der Waals surface area contributed by atoms with Crippen LogP contribution in [0, 0.1) is 6.92 Å². The van der Waals surface area contributed by atoms with Gasteiger partial charge in [0.25, 0.3) is 0 Å². The molecule has 1 saturated heterocycles. The van der Waals surface area contributed by atoms with Gasteiger partial charge in [-0.2, -0.15) is 0 Å². The molecule has 0 radical (unpaired) electrons. The Balaban J connectivity index is 1.59. The quantitative estimate of drug-likeness (QED) is 0.854. The van der Waals surface area contributed by atoms with E-state index in [0.717, 1.165) is 25.2 Å². The van der Waals surface area contributed by atoms with Crippen LogP contribution in [0.4, 0.5) is 0 Å². The van der Waals surface area contributed by atoms with E-state index in [9.17, 15) is 4.79 Å². The highest BCUT2D eigenvalue weighted by molar-refractivity contribution is 5.76. The molecule has 0 bridgehead atoms. The Morgan fingerprint density at radius 2 is 2.21 bits per heavy atom. The number of ether oxygens (including phenoxy) is 2. The van der Waals surface area contributed by atoms with Crippen LogP contribution in [0.25, 0.3) is 0 Å². The van der Waals surface area contributed by atoms with Gasteiger partial charge in [-0.05, 0) is 31.9 Å². The summed E-state index contributed by atoms with van der Waals surface area (Å²) in [4.78, 5) is 11.6. The normalized spacial score (nSPS) is 18.3. The van der Waals surface area contributed by atoms with Gasteiger partial charge >= 0.3 is 0 Å². The topological polar surface area (TPSA) is 47.6 Å². The van der Waals surface area contributed by atoms with E-state index in [1.54, 1.807) is 0 Å². The van der Waals surface area contributed by atoms with E-state index in [0.29, 0.717) is 19.6 Å². The van der Waals surface area contributed by atoms with Crippen molar-refractivity contribution in [1.29, 1.82) is 0 Å². The summed E-state index contributed by atoms with van der Waals surface area (Å²) in [6.07, 6.45) is 2.71. The third kappa shape index (κ3) is 4.91. The summed E-state index contributed by atoms with van der Waals surface area (Å²) < 4.78 is 11.0. The smallest absolute Gasteiger partial charge is 0.223 e. The molecule has 0 unspecified atom stereocenters. The first-order valence-electron chi connectivity index (χ1n) is 6.82. The molecule has 0 aromatic heterocycles. The lowest BCUT2D eigenvalue weighted by atomic mass is 10.2. The van der Waals surface area contributed by atoms with Crippen molar-refractivity contribution in [3.63, 3.8) is 0 Å². The fraction of sp³-hybridized carbons (Fsp3) is 0.533. The SMILES string of the molecule is Cc1ccc(OCCC(=O)NC[C@@H]2CCCO2)cc1. The number of aryl methyl sites for hydroxylation is 1. The number of benzene rings is 1. The standard InChI is InChI=1S/C15H21NO3/c1-12-4-6-13(7-5-12)19-10-8-15(17)16-11-14-3-2-9-18-14/h4-7,14H,2-3,8-11H2,1H3,(H,16,17)/t14-/m0/s1. The van der Waals surface area contributed by atoms with Gasteiger partial charge in [0.2, 0.25) is 5.91 Å². The average molecular weight is 263 g/mol. The third-order valence-electron chi connectivity index (χ3n) is 3.17. The van der Waals surface area contributed by atoms with E-state index in [1.165, 1.54) is 5.56 Å². The van der Waals surface area contributed by atoms with Crippen molar-refractivity contribution in [1.82, 2.24) is 5.32 Å². The van der Waals surface area contributed by atoms with Crippen molar-refractivity contribution in [3.05, 3.63) is 29.8 Å². The van der Waals surface area contributed by atoms with Gasteiger partial charge in [-0.3, -0.25) is 4.79 Å². The number of hydrogen-bond acceptors (Lipinski definition) is 3. The largest absolute Gasteiger partial charge is 0.493 e. The molecule has 1 N–H and O–H groups in total. The summed E-state index contributed by atoms with van der Waals surface area (Å²) in [5.74, 6) is 0.820. The lowest BCUT2D eigenvalue weighted by molar-refractivity contribution is -0.122. The zero-order valence-electron chi connectivity index (χ0n) is 11.4. The van der Waals surface area contributed by atoms with Gasteiger partial charge < -0.3 is 14.8 Å². The molecule has 0 spiro atoms. The molecule has 4 heteroatoms. The monoisotopic (exact) mass is 263 g/mol. The first-order chi connectivity index (χ1) is 9.24. The molecular formula is C15H21NO3. The van der Waals surface area contributed by atoms with Crippen molar-refractivity contribution in [2.75, 3.05) is 19.8 Å². The molecule has 19 heavy (non-hydrogen) atoms. The van der Waals surface area contributed by atoms with Crippen LogP contribution in [-0.2, 0) is 9.53 Å². The fourth-order valence-corrected chi connectivity index (χ4v) is 2.02. The van der Waals surface area contributed by atoms with Crippen molar-refractivity contribution < 1.29 is 14.3 Å². The number of rotatable bonds is 6. The fourth-order valence-electron chi connectivity index (χ4n) is 2.02. The molecule has 1 aliphatic rings. The molecule has 0 saturated carbocycles. The summed E-state index contributed by atoms with van der Waals surface area (Å²) in [7, 11) is 0. The number of hydrogen-bond donors (Lipinski definition) is 1. The van der Waals surface area contributed by atoms with Gasteiger partial charge in [0.05, 0.1) is 19.1 Å². The summed E-state index contributed by atoms with van der Waals surface area (Å²) in [5.41, 5.74) is 1.20. The van der Waals surface area contributed by atoms with Crippen molar-refractivity contribution >= 4 is 5.91 Å². The minimum atomic E-state index is 0.0163. The maximum absolute atomic E-state index is 11.6. The summed E-state index contributed by atoms with van der Waals surface area (Å²) in [6, 6.07) is 7.82. The zero-order chi connectivity index (χ0) is 13.5. The molecule has 1 aromatic rings. The van der Waals surface area contributed by atoms with Gasteiger partial charge in [-0.15, -0.1) is 0 Å². The molecule has 2 rings (SSSR count). The second-order valence-electron chi connectivity index (χ2n) is 4.85. The summed E-state index contributed by atoms with van der Waals surface area (Å²) >= 11 is 0. The summed E-state index contributed by atoms with van der Waals surface area (Å²) in [6.45, 7) is 3.86. The van der Waals surface area contributed by atoms with Crippen LogP contribution in [-0.4, -0.2) is 31.8 Å². The third-order valence-corrected chi connectivity index (χ3v) is 3.17. The lowest BCUT2D eigenvalue weighted by Crippen LogP contribution is -2.32. The van der Waals surface area contributed by atoms with Gasteiger partial charge in [0.15, 0.2) is 0 Å². The van der Waals surface area contributed by atoms with Crippen LogP contribution in [0.15, 0.2) is 24.3 Å². The Morgan fingerprint density at radius 1 is 1.42 bits per heavy atom. The molecular weight excluding hydrogens is 242 g/mol. The maximum atomic E-state index is 11.6. The predicted molar refractivity (Wildman–Crippen MR) is 73.3 cm³/mol. The van der Waals surface area contributed by atoms with Crippen LogP contribution in [0.2, 0.25) is 0 Å².